The zero-order chi connectivity index (χ0) is 97.2. The molecule has 6 aliphatic rings. The second-order valence-corrected chi connectivity index (χ2v) is 42.4. The summed E-state index contributed by atoms with van der Waals surface area (Å²) in [6.45, 7) is 46.7. The van der Waals surface area contributed by atoms with Gasteiger partial charge in [-0.05, 0) is 210 Å². The number of aryl methyl sites for hydroxylation is 1. The molecule has 0 aromatic heterocycles. The molecular formula is C91H159ClF2N6O18P2S4U5. The van der Waals surface area contributed by atoms with Crippen molar-refractivity contribution in [3.8, 4) is 0 Å². The van der Waals surface area contributed by atoms with Gasteiger partial charge in [-0.1, -0.05) is 123 Å². The molecule has 3 amide bonds. The summed E-state index contributed by atoms with van der Waals surface area (Å²) >= 11 is 15.1. The summed E-state index contributed by atoms with van der Waals surface area (Å²) in [6.07, 6.45) is 6.07. The molecule has 4 saturated heterocycles. The first-order chi connectivity index (χ1) is 60.3. The molecule has 9 atom stereocenters. The van der Waals surface area contributed by atoms with Crippen molar-refractivity contribution >= 4 is 110 Å². The van der Waals surface area contributed by atoms with Crippen LogP contribution in [0.2, 0.25) is 0 Å². The van der Waals surface area contributed by atoms with Crippen LogP contribution in [-0.4, -0.2) is 248 Å². The van der Waals surface area contributed by atoms with Gasteiger partial charge in [0, 0.05) is 297 Å². The number of ketones is 3. The fraction of sp³-hybridized carbons (Fsp3) is 0.758. The van der Waals surface area contributed by atoms with E-state index in [1.54, 1.807) is 0 Å². The van der Waals surface area contributed by atoms with Crippen LogP contribution in [-0.2, 0) is 74.7 Å². The van der Waals surface area contributed by atoms with E-state index in [0.717, 1.165) is 147 Å². The molecule has 0 spiro atoms. The molecule has 38 heteroatoms. The molecule has 736 valence electrons. The molecule has 8 rings (SSSR count). The maximum absolute atomic E-state index is 14.9. The second-order valence-electron chi connectivity index (χ2n) is 34.4. The van der Waals surface area contributed by atoms with Crippen molar-refractivity contribution < 1.29 is 254 Å². The van der Waals surface area contributed by atoms with E-state index in [1.165, 1.54) is 32.1 Å². The molecular weight excluding hydrogens is 2920 g/mol. The first-order valence-electron chi connectivity index (χ1n) is 46.0. The summed E-state index contributed by atoms with van der Waals surface area (Å²) in [5.74, 6) is 0.587. The third kappa shape index (κ3) is 52.5. The summed E-state index contributed by atoms with van der Waals surface area (Å²) in [7, 11) is 5.46. The van der Waals surface area contributed by atoms with Crippen molar-refractivity contribution in [2.45, 2.75) is 369 Å². The van der Waals surface area contributed by atoms with Gasteiger partial charge in [0.1, 0.15) is 25.6 Å². The van der Waals surface area contributed by atoms with Gasteiger partial charge in [-0.15, -0.1) is 0 Å². The number of aliphatic hydroxyl groups is 5. The first kappa shape index (κ1) is 131. The topological polar surface area (TPSA) is 296 Å². The number of nitrogens with zero attached hydrogens (tertiary/aromatic N) is 5. The van der Waals surface area contributed by atoms with Gasteiger partial charge >= 0.3 is 0 Å². The zero-order valence-corrected chi connectivity index (χ0v) is 108. The minimum absolute atomic E-state index is 0. The number of hydrogen-bond acceptors (Lipinski definition) is 25. The monoisotopic (exact) mass is 3080 g/mol. The van der Waals surface area contributed by atoms with Gasteiger partial charge in [0.25, 0.3) is 0 Å². The molecule has 4 fully saturated rings. The van der Waals surface area contributed by atoms with Gasteiger partial charge in [0.15, 0.2) is 48.9 Å². The Hall–Kier alpha value is 2.41. The normalized spacial score (nSPS) is 21.2. The Balaban J connectivity index is -0.000000501. The number of amides is 3. The molecule has 2 aromatic carbocycles. The number of rotatable bonds is 39. The Morgan fingerprint density at radius 1 is 0.643 bits per heavy atom. The van der Waals surface area contributed by atoms with E-state index in [4.69, 9.17) is 60.0 Å². The smallest absolute Gasteiger partial charge is 0.236 e. The molecule has 9 unspecified atom stereocenters. The average Bonchev–Trinajstić information content (AvgIpc) is 1.66. The van der Waals surface area contributed by atoms with Crippen molar-refractivity contribution in [1.82, 2.24) is 29.1 Å². The number of Topliss-reactive ketones (excluding diaryl/α,β-unsaturated/α-hetero) is 1. The van der Waals surface area contributed by atoms with E-state index in [0.29, 0.717) is 62.4 Å². The van der Waals surface area contributed by atoms with Gasteiger partial charge in [0.2, 0.25) is 20.6 Å². The Bertz CT molecular complexity index is 3430. The number of thiol groups is 2. The van der Waals surface area contributed by atoms with Crippen LogP contribution in [0.5, 0.6) is 0 Å². The van der Waals surface area contributed by atoms with Crippen LogP contribution in [0.15, 0.2) is 73.1 Å². The molecule has 6 heterocycles. The first-order valence-corrected chi connectivity index (χ1v) is 50.1. The predicted molar refractivity (Wildman–Crippen MR) is 510 cm³/mol. The Labute approximate surface area is 925 Å². The van der Waals surface area contributed by atoms with Crippen LogP contribution in [0.4, 0.5) is 8.78 Å². The standard InChI is InChI=1S/C25H41NO4S2.C22H34O3S.C16H26FN2O4P.C12H28ClN2P.C10H12FNO4.C4H10OS.2CH4O.5U/c1-5-25(6-2)18-29-23(30-19-25)21-11-9-20(10-12-21)17-26-22(28)13-14-24(3,4)32-31-16-8-7-15-27;1-5-22(6-2)15-24-20(25-16-22)18-10-7-17(8-11-18)9-12-19(23)13-14-21(3,4)26;1-9(2)19(10(3)4)24-23-15-11(5)22-16(14(15)17)18-7-6-12(20)8-13(18)21;1-9(2)14(10(3)4)16(13)15(11(5)6)12(7)8;1-5-9(15)8(11)10(16-5)12-3-2-6(13)4-7(12)14;5-3-1-2-4-6;2*1-2;;;;;/h9-12,23,27H,5-8,13-19H2,1-4H3,(H,26,28);7-8,10-11,20,26H,5-6,9,12-16H2,1-4H3;6-7,9-11,14-16,24H,8H2,1-5H3;9-12H,1-8H3;2-3,5,8-10,15H,4H2,1H3;5-6H,1-4H2;2*2H,1H3;;;;;/i;;5D;;1D;;2*2T;;;;;. The average molecular weight is 3090 g/mol. The van der Waals surface area contributed by atoms with E-state index < -0.39 is 68.6 Å². The van der Waals surface area contributed by atoms with Crippen molar-refractivity contribution in [2.75, 3.05) is 65.4 Å². The minimum atomic E-state index is -1.77. The summed E-state index contributed by atoms with van der Waals surface area (Å²) in [5.41, 5.74) is 4.64. The zero-order valence-electron chi connectivity index (χ0n) is 84.8. The van der Waals surface area contributed by atoms with Crippen LogP contribution in [0.25, 0.3) is 0 Å². The molecule has 129 heavy (non-hydrogen) atoms. The van der Waals surface area contributed by atoms with Crippen molar-refractivity contribution in [3.63, 3.8) is 0 Å². The van der Waals surface area contributed by atoms with Gasteiger partial charge in [-0.2, -0.15) is 25.3 Å². The Kier molecular flexibility index (Phi) is 76.6. The fourth-order valence-corrected chi connectivity index (χ4v) is 21.2. The van der Waals surface area contributed by atoms with E-state index in [-0.39, 0.29) is 260 Å². The SMILES string of the molecule is CC(C)N(C(C)C)P(Cl)N(C(C)C)C(C)C.CCC1(CC)COC(c2ccc(CCC(=O)CCC(C)(C)S)cc2)OC1.CCC1(CC)COC(c2ccc(CNC(=O)CCC(C)(C)SSCCCCO)cc2)OC1.OCCCCS.[2H]CC1OC(N2C=CC(=O)CC2=O)C(F)C1O.[2H]CC1OC(N2C=CC(=O)CC2=O)C(F)C1OPN(C(C)C)C(C)C.[3H]OC.[3H]OC.[U].[U].[U].[U].[U]. The Morgan fingerprint density at radius 2 is 1.05 bits per heavy atom. The van der Waals surface area contributed by atoms with Gasteiger partial charge in [-0.3, -0.25) is 52.6 Å². The molecule has 6 N–H and O–H groups in total. The van der Waals surface area contributed by atoms with E-state index >= 15 is 0 Å². The fourth-order valence-electron chi connectivity index (χ4n) is 13.4. The van der Waals surface area contributed by atoms with E-state index in [2.05, 4.69) is 176 Å². The number of carbonyl (C=O) groups is 6. The third-order valence-corrected chi connectivity index (χ3v) is 30.6. The number of benzene rings is 2. The minimum Gasteiger partial charge on any atom is -0.400 e. The summed E-state index contributed by atoms with van der Waals surface area (Å²) in [5, 5.41) is 36.5. The molecule has 0 bridgehead atoms. The predicted octanol–water partition coefficient (Wildman–Crippen LogP) is 18.1. The number of halogens is 3. The third-order valence-electron chi connectivity index (χ3n) is 21.4. The number of allylic oxidation sites excluding steroid dienone is 2. The van der Waals surface area contributed by atoms with Crippen LogP contribution in [0.1, 0.15) is 286 Å². The van der Waals surface area contributed by atoms with Crippen LogP contribution < -0.4 is 5.32 Å². The molecule has 0 saturated carbocycles. The number of hydrogen-bond donors (Lipinski definition) is 8. The Morgan fingerprint density at radius 3 is 1.40 bits per heavy atom. The summed E-state index contributed by atoms with van der Waals surface area (Å²) in [4.78, 5) is 72.1. The molecule has 0 radical (unpaired) electrons. The van der Waals surface area contributed by atoms with Gasteiger partial charge in [-0.25, -0.2) is 8.78 Å². The maximum atomic E-state index is 14.9. The largest absolute Gasteiger partial charge is 0.400 e. The van der Waals surface area contributed by atoms with Crippen molar-refractivity contribution in [1.29, 1.82) is 2.86 Å². The van der Waals surface area contributed by atoms with Crippen LogP contribution in [0.3, 0.4) is 0 Å². The quantitative estimate of drug-likeness (QED) is 0.0101. The molecule has 6 aliphatic heterocycles. The molecule has 24 nitrogen and oxygen atoms in total. The van der Waals surface area contributed by atoms with E-state index in [9.17, 15) is 42.7 Å². The van der Waals surface area contributed by atoms with Crippen LogP contribution >= 0.6 is 74.6 Å². The number of carbonyl (C=O) groups excluding carboxylic acids is 6. The number of aliphatic hydroxyl groups excluding tert-OH is 5. The van der Waals surface area contributed by atoms with E-state index in [1.807, 2.05) is 87.4 Å². The molecule has 0 aliphatic carbocycles. The molecule has 2 aromatic rings. The maximum Gasteiger partial charge on any atom is 0.236 e. The number of nitrogens with one attached hydrogen (secondary N) is 1. The number of alkyl halides is 2. The number of unbranched alkanes of at least 4 members (excludes halogenated alkanes) is 2. The van der Waals surface area contributed by atoms with Crippen molar-refractivity contribution in [3.05, 3.63) is 95.3 Å². The van der Waals surface area contributed by atoms with Crippen LogP contribution in [0, 0.1) is 166 Å². The number of ether oxygens (including phenoxy) is 6. The summed E-state index contributed by atoms with van der Waals surface area (Å²) < 4.78 is 102. The van der Waals surface area contributed by atoms with Crippen molar-refractivity contribution in [2.24, 2.45) is 10.8 Å². The van der Waals surface area contributed by atoms with Gasteiger partial charge < -0.3 is 63.8 Å². The van der Waals surface area contributed by atoms with Gasteiger partial charge in [0.05, 0.1) is 60.4 Å². The summed E-state index contributed by atoms with van der Waals surface area (Å²) in [6, 6.07) is 18.9. The second kappa shape index (κ2) is 75.2.